The average Bonchev–Trinajstić information content (AvgIpc) is 2.64. The van der Waals surface area contributed by atoms with E-state index in [1.54, 1.807) is 0 Å². The first-order valence-electron chi connectivity index (χ1n) is 8.51. The van der Waals surface area contributed by atoms with Crippen LogP contribution in [0.1, 0.15) is 38.5 Å². The van der Waals surface area contributed by atoms with E-state index in [4.69, 9.17) is 26.0 Å². The molecule has 0 aromatic heterocycles. The van der Waals surface area contributed by atoms with Gasteiger partial charge in [0.05, 0.1) is 0 Å². The molecule has 0 aromatic rings. The van der Waals surface area contributed by atoms with E-state index in [2.05, 4.69) is 15.3 Å². The molecule has 15 nitrogen and oxygen atoms in total. The average molecular weight is 431 g/mol. The van der Waals surface area contributed by atoms with Gasteiger partial charge in [0.2, 0.25) is 11.8 Å². The second kappa shape index (κ2) is 13.3. The molecule has 0 spiro atoms. The SMILES string of the molecule is [N-]=[N+]=NC(CCC(=O)NC(CCC(=O)O)C(=O)O)C(=O)NC(CCC(=O)O)C(=O)O. The summed E-state index contributed by atoms with van der Waals surface area (Å²) >= 11 is 0. The Morgan fingerprint density at radius 3 is 1.63 bits per heavy atom. The monoisotopic (exact) mass is 431 g/mol. The molecule has 0 radical (unpaired) electrons. The zero-order valence-corrected chi connectivity index (χ0v) is 15.6. The van der Waals surface area contributed by atoms with Crippen LogP contribution in [-0.2, 0) is 28.8 Å². The van der Waals surface area contributed by atoms with Crippen LogP contribution in [0.5, 0.6) is 0 Å². The molecule has 0 rings (SSSR count). The molecule has 0 bridgehead atoms. The summed E-state index contributed by atoms with van der Waals surface area (Å²) in [6, 6.07) is -4.56. The molecule has 3 unspecified atom stereocenters. The first kappa shape index (κ1) is 26.1. The minimum atomic E-state index is -1.56. The Balaban J connectivity index is 4.91. The minimum Gasteiger partial charge on any atom is -0.481 e. The molecule has 0 fully saturated rings. The highest BCUT2D eigenvalue weighted by molar-refractivity contribution is 5.88. The third-order valence-electron chi connectivity index (χ3n) is 3.68. The van der Waals surface area contributed by atoms with Gasteiger partial charge in [0, 0.05) is 24.2 Å². The number of carbonyl (C=O) groups excluding carboxylic acids is 2. The second-order valence-corrected chi connectivity index (χ2v) is 5.98. The van der Waals surface area contributed by atoms with Gasteiger partial charge in [-0.3, -0.25) is 19.2 Å². The third-order valence-corrected chi connectivity index (χ3v) is 3.68. The van der Waals surface area contributed by atoms with Crippen molar-refractivity contribution in [2.75, 3.05) is 0 Å². The lowest BCUT2D eigenvalue weighted by Gasteiger charge is -2.18. The van der Waals surface area contributed by atoms with Crippen LogP contribution in [0.4, 0.5) is 0 Å². The highest BCUT2D eigenvalue weighted by Gasteiger charge is 2.27. The molecule has 2 amide bonds. The van der Waals surface area contributed by atoms with Gasteiger partial charge in [-0.1, -0.05) is 5.11 Å². The zero-order valence-electron chi connectivity index (χ0n) is 15.6. The smallest absolute Gasteiger partial charge is 0.326 e. The van der Waals surface area contributed by atoms with E-state index in [9.17, 15) is 28.8 Å². The summed E-state index contributed by atoms with van der Waals surface area (Å²) in [4.78, 5) is 69.7. The number of carboxylic acid groups (broad SMARTS) is 4. The molecule has 6 N–H and O–H groups in total. The topological polar surface area (TPSA) is 256 Å². The standard InChI is InChI=1S/C15H21N5O10/c16-20-19-7(13(26)18-9(15(29)30)3-6-12(24)25)1-4-10(21)17-8(14(27)28)2-5-11(22)23/h7-9H,1-6H2,(H,17,21)(H,18,26)(H,22,23)(H,24,25)(H,27,28)(H,29,30). The number of nitrogens with zero attached hydrogens (tertiary/aromatic N) is 3. The van der Waals surface area contributed by atoms with Crippen molar-refractivity contribution in [1.82, 2.24) is 10.6 Å². The largest absolute Gasteiger partial charge is 0.481 e. The van der Waals surface area contributed by atoms with Crippen LogP contribution in [0.25, 0.3) is 10.4 Å². The van der Waals surface area contributed by atoms with Gasteiger partial charge in [-0.2, -0.15) is 0 Å². The van der Waals surface area contributed by atoms with Crippen molar-refractivity contribution in [2.45, 2.75) is 56.7 Å². The first-order valence-corrected chi connectivity index (χ1v) is 8.51. The molecule has 30 heavy (non-hydrogen) atoms. The number of amides is 2. The Bertz CT molecular complexity index is 733. The molecule has 0 aliphatic carbocycles. The Morgan fingerprint density at radius 1 is 0.767 bits per heavy atom. The molecule has 166 valence electrons. The maximum Gasteiger partial charge on any atom is 0.326 e. The summed E-state index contributed by atoms with van der Waals surface area (Å²) in [5.74, 6) is -7.43. The summed E-state index contributed by atoms with van der Waals surface area (Å²) in [5.41, 5.74) is 8.56. The third kappa shape index (κ3) is 11.1. The van der Waals surface area contributed by atoms with Gasteiger partial charge in [-0.05, 0) is 24.8 Å². The zero-order chi connectivity index (χ0) is 23.3. The lowest BCUT2D eigenvalue weighted by molar-refractivity contribution is -0.143. The molecule has 0 aromatic carbocycles. The predicted molar refractivity (Wildman–Crippen MR) is 95.0 cm³/mol. The molecule has 0 saturated heterocycles. The number of aliphatic carboxylic acids is 4. The molecule has 0 heterocycles. The molecule has 15 heteroatoms. The Hall–Kier alpha value is -3.87. The Kier molecular flexibility index (Phi) is 11.6. The van der Waals surface area contributed by atoms with Crippen molar-refractivity contribution in [3.8, 4) is 0 Å². The van der Waals surface area contributed by atoms with E-state index in [1.807, 2.05) is 5.32 Å². The van der Waals surface area contributed by atoms with E-state index in [0.717, 1.165) is 0 Å². The van der Waals surface area contributed by atoms with E-state index >= 15 is 0 Å². The highest BCUT2D eigenvalue weighted by Crippen LogP contribution is 2.07. The van der Waals surface area contributed by atoms with Crippen LogP contribution >= 0.6 is 0 Å². The molecule has 0 aliphatic heterocycles. The summed E-state index contributed by atoms with van der Waals surface area (Å²) in [7, 11) is 0. The van der Waals surface area contributed by atoms with Gasteiger partial charge in [-0.15, -0.1) is 0 Å². The van der Waals surface area contributed by atoms with Gasteiger partial charge in [0.15, 0.2) is 0 Å². The van der Waals surface area contributed by atoms with E-state index < -0.39 is 85.9 Å². The fourth-order valence-corrected chi connectivity index (χ4v) is 2.16. The van der Waals surface area contributed by atoms with Crippen LogP contribution in [0.2, 0.25) is 0 Å². The van der Waals surface area contributed by atoms with Crippen molar-refractivity contribution < 1.29 is 49.2 Å². The van der Waals surface area contributed by atoms with Crippen molar-refractivity contribution in [2.24, 2.45) is 5.11 Å². The Morgan fingerprint density at radius 2 is 1.23 bits per heavy atom. The van der Waals surface area contributed by atoms with E-state index in [0.29, 0.717) is 0 Å². The fourth-order valence-electron chi connectivity index (χ4n) is 2.16. The van der Waals surface area contributed by atoms with Crippen molar-refractivity contribution in [3.63, 3.8) is 0 Å². The lowest BCUT2D eigenvalue weighted by atomic mass is 10.1. The summed E-state index contributed by atoms with van der Waals surface area (Å²) in [5, 5.41) is 42.5. The number of azide groups is 1. The van der Waals surface area contributed by atoms with Crippen LogP contribution < -0.4 is 10.6 Å². The molecule has 3 atom stereocenters. The van der Waals surface area contributed by atoms with Crippen molar-refractivity contribution in [3.05, 3.63) is 10.4 Å². The number of carbonyl (C=O) groups is 6. The Labute approximate surface area is 168 Å². The van der Waals surface area contributed by atoms with Crippen LogP contribution in [-0.4, -0.2) is 74.2 Å². The van der Waals surface area contributed by atoms with Gasteiger partial charge in [0.25, 0.3) is 0 Å². The molecule has 0 saturated carbocycles. The van der Waals surface area contributed by atoms with Gasteiger partial charge in [0.1, 0.15) is 18.1 Å². The van der Waals surface area contributed by atoms with Gasteiger partial charge >= 0.3 is 23.9 Å². The maximum atomic E-state index is 12.1. The van der Waals surface area contributed by atoms with Gasteiger partial charge < -0.3 is 31.1 Å². The summed E-state index contributed by atoms with van der Waals surface area (Å²) < 4.78 is 0. The number of nitrogens with one attached hydrogen (secondary N) is 2. The predicted octanol–water partition coefficient (Wildman–Crippen LogP) is -0.686. The quantitative estimate of drug-likeness (QED) is 0.108. The van der Waals surface area contributed by atoms with Crippen LogP contribution in [0, 0.1) is 0 Å². The normalized spacial score (nSPS) is 13.1. The second-order valence-electron chi connectivity index (χ2n) is 5.98. The number of hydrogen-bond acceptors (Lipinski definition) is 7. The highest BCUT2D eigenvalue weighted by atomic mass is 16.4. The summed E-state index contributed by atoms with van der Waals surface area (Å²) in [6.07, 6.45) is -2.74. The van der Waals surface area contributed by atoms with E-state index in [1.165, 1.54) is 0 Å². The molecular formula is C15H21N5O10. The van der Waals surface area contributed by atoms with Crippen molar-refractivity contribution >= 4 is 35.7 Å². The first-order chi connectivity index (χ1) is 14.0. The summed E-state index contributed by atoms with van der Waals surface area (Å²) in [6.45, 7) is 0. The fraction of sp³-hybridized carbons (Fsp3) is 0.600. The van der Waals surface area contributed by atoms with Gasteiger partial charge in [-0.25, -0.2) is 9.59 Å². The number of hydrogen-bond donors (Lipinski definition) is 6. The van der Waals surface area contributed by atoms with Crippen LogP contribution in [0.3, 0.4) is 0 Å². The van der Waals surface area contributed by atoms with Crippen LogP contribution in [0.15, 0.2) is 5.11 Å². The van der Waals surface area contributed by atoms with Crippen molar-refractivity contribution in [1.29, 1.82) is 0 Å². The number of carboxylic acids is 4. The maximum absolute atomic E-state index is 12.1. The molecule has 0 aliphatic rings. The number of rotatable bonds is 15. The minimum absolute atomic E-state index is 0.374. The lowest BCUT2D eigenvalue weighted by Crippen LogP contribution is -2.45. The molecular weight excluding hydrogens is 410 g/mol. The van der Waals surface area contributed by atoms with E-state index in [-0.39, 0.29) is 6.42 Å².